The molecule has 0 saturated carbocycles. The number of halogens is 1. The average Bonchev–Trinajstić information content (AvgIpc) is 3.27. The van der Waals surface area contributed by atoms with Crippen molar-refractivity contribution in [2.24, 2.45) is 0 Å². The fourth-order valence-electron chi connectivity index (χ4n) is 2.40. The van der Waals surface area contributed by atoms with E-state index in [0.29, 0.717) is 16.5 Å². The van der Waals surface area contributed by atoms with Crippen molar-refractivity contribution in [2.75, 3.05) is 5.32 Å². The van der Waals surface area contributed by atoms with Crippen LogP contribution in [0.3, 0.4) is 0 Å². The van der Waals surface area contributed by atoms with E-state index in [-0.39, 0.29) is 11.4 Å². The second-order valence-corrected chi connectivity index (χ2v) is 7.41. The lowest BCUT2D eigenvalue weighted by Gasteiger charge is -2.01. The summed E-state index contributed by atoms with van der Waals surface area (Å²) in [6.45, 7) is 0. The van der Waals surface area contributed by atoms with Gasteiger partial charge >= 0.3 is 0 Å². The van der Waals surface area contributed by atoms with Crippen LogP contribution in [0.25, 0.3) is 4.96 Å². The molecule has 0 saturated heterocycles. The fraction of sp³-hybridized carbons (Fsp3) is 0.0588. The number of aromatic nitrogens is 3. The number of anilines is 1. The Bertz CT molecular complexity index is 1150. The van der Waals surface area contributed by atoms with Crippen molar-refractivity contribution in [3.05, 3.63) is 80.4 Å². The average molecular weight is 386 g/mol. The topological polar surface area (TPSA) is 76.4 Å². The van der Waals surface area contributed by atoms with Gasteiger partial charge in [0, 0.05) is 35.3 Å². The number of nitrogens with zero attached hydrogens (tertiary/aromatic N) is 3. The summed E-state index contributed by atoms with van der Waals surface area (Å²) >= 11 is 2.62. The first-order valence-electron chi connectivity index (χ1n) is 7.55. The molecule has 0 unspecified atom stereocenters. The second-order valence-electron chi connectivity index (χ2n) is 5.42. The smallest absolute Gasteiger partial charge is 0.271 e. The molecule has 0 radical (unpaired) electrons. The number of carbonyl (C=O) groups is 1. The van der Waals surface area contributed by atoms with Gasteiger partial charge in [-0.15, -0.1) is 22.7 Å². The lowest BCUT2D eigenvalue weighted by molar-refractivity contribution is 0.102. The maximum Gasteiger partial charge on any atom is 0.271 e. The molecule has 0 atom stereocenters. The zero-order chi connectivity index (χ0) is 18.1. The van der Waals surface area contributed by atoms with Crippen molar-refractivity contribution in [1.29, 1.82) is 0 Å². The van der Waals surface area contributed by atoms with Gasteiger partial charge in [0.05, 0.1) is 0 Å². The van der Waals surface area contributed by atoms with Gasteiger partial charge in [-0.2, -0.15) is 0 Å². The van der Waals surface area contributed by atoms with Crippen molar-refractivity contribution >= 4 is 38.7 Å². The molecule has 0 aliphatic heterocycles. The standard InChI is InChI=1S/C17H11FN4O2S2/c18-11-3-1-10(2-4-11)7-12-8-19-16(26-12)21-14(23)13-9-20-17-22(15(13)24)5-6-25-17/h1-6,8-9H,7H2,(H,19,21,23). The highest BCUT2D eigenvalue weighted by Gasteiger charge is 2.15. The van der Waals surface area contributed by atoms with Gasteiger partial charge in [-0.05, 0) is 17.7 Å². The third-order valence-electron chi connectivity index (χ3n) is 3.65. The molecule has 0 aliphatic rings. The maximum atomic E-state index is 13.0. The van der Waals surface area contributed by atoms with E-state index in [2.05, 4.69) is 15.3 Å². The molecule has 0 spiro atoms. The first-order chi connectivity index (χ1) is 12.6. The predicted molar refractivity (Wildman–Crippen MR) is 98.6 cm³/mol. The third kappa shape index (κ3) is 3.26. The van der Waals surface area contributed by atoms with Crippen LogP contribution < -0.4 is 10.9 Å². The van der Waals surface area contributed by atoms with E-state index in [1.165, 1.54) is 45.4 Å². The Morgan fingerprint density at radius 1 is 1.19 bits per heavy atom. The van der Waals surface area contributed by atoms with Gasteiger partial charge in [0.15, 0.2) is 10.1 Å². The van der Waals surface area contributed by atoms with Crippen molar-refractivity contribution in [3.63, 3.8) is 0 Å². The molecule has 0 bridgehead atoms. The number of carbonyl (C=O) groups excluding carboxylic acids is 1. The van der Waals surface area contributed by atoms with Gasteiger partial charge in [-0.1, -0.05) is 12.1 Å². The molecule has 1 N–H and O–H groups in total. The first kappa shape index (κ1) is 16.6. The summed E-state index contributed by atoms with van der Waals surface area (Å²) < 4.78 is 14.3. The van der Waals surface area contributed by atoms with Crippen LogP contribution in [0.1, 0.15) is 20.8 Å². The minimum atomic E-state index is -0.550. The maximum absolute atomic E-state index is 13.0. The molecule has 0 aliphatic carbocycles. The minimum Gasteiger partial charge on any atom is -0.298 e. The molecule has 1 amide bonds. The summed E-state index contributed by atoms with van der Waals surface area (Å²) in [5, 5.41) is 4.75. The minimum absolute atomic E-state index is 0.0452. The Balaban J connectivity index is 1.51. The van der Waals surface area contributed by atoms with Gasteiger partial charge in [-0.25, -0.2) is 14.4 Å². The molecule has 1 aromatic carbocycles. The zero-order valence-corrected chi connectivity index (χ0v) is 14.8. The molecule has 3 heterocycles. The Kier molecular flexibility index (Phi) is 4.31. The molecular weight excluding hydrogens is 375 g/mol. The first-order valence-corrected chi connectivity index (χ1v) is 9.25. The van der Waals surface area contributed by atoms with Gasteiger partial charge in [0.1, 0.15) is 11.4 Å². The molecule has 9 heteroatoms. The quantitative estimate of drug-likeness (QED) is 0.584. The highest BCUT2D eigenvalue weighted by atomic mass is 32.1. The largest absolute Gasteiger partial charge is 0.298 e. The number of fused-ring (bicyclic) bond motifs is 1. The van der Waals surface area contributed by atoms with Gasteiger partial charge in [0.25, 0.3) is 11.5 Å². The van der Waals surface area contributed by atoms with E-state index in [1.807, 2.05) is 0 Å². The van der Waals surface area contributed by atoms with Crippen LogP contribution in [0.4, 0.5) is 9.52 Å². The summed E-state index contributed by atoms with van der Waals surface area (Å²) in [5.74, 6) is -0.834. The molecule has 130 valence electrons. The van der Waals surface area contributed by atoms with E-state index < -0.39 is 11.5 Å². The molecular formula is C17H11FN4O2S2. The van der Waals surface area contributed by atoms with Crippen LogP contribution in [0.5, 0.6) is 0 Å². The van der Waals surface area contributed by atoms with Crippen LogP contribution in [0, 0.1) is 5.82 Å². The highest BCUT2D eigenvalue weighted by Crippen LogP contribution is 2.21. The van der Waals surface area contributed by atoms with Gasteiger partial charge < -0.3 is 0 Å². The van der Waals surface area contributed by atoms with Crippen molar-refractivity contribution in [3.8, 4) is 0 Å². The molecule has 0 fully saturated rings. The number of nitrogens with one attached hydrogen (secondary N) is 1. The number of rotatable bonds is 4. The van der Waals surface area contributed by atoms with Crippen molar-refractivity contribution < 1.29 is 9.18 Å². The summed E-state index contributed by atoms with van der Waals surface area (Å²) in [4.78, 5) is 34.4. The van der Waals surface area contributed by atoms with E-state index >= 15 is 0 Å². The fourth-order valence-corrected chi connectivity index (χ4v) is 3.91. The SMILES string of the molecule is O=C(Nc1ncc(Cc2ccc(F)cc2)s1)c1cnc2sccn2c1=O. The summed E-state index contributed by atoms with van der Waals surface area (Å²) in [6, 6.07) is 6.21. The second kappa shape index (κ2) is 6.77. The van der Waals surface area contributed by atoms with Crippen LogP contribution in [-0.2, 0) is 6.42 Å². The molecule has 4 rings (SSSR count). The number of hydrogen-bond donors (Lipinski definition) is 1. The Hall–Kier alpha value is -2.91. The van der Waals surface area contributed by atoms with Crippen molar-refractivity contribution in [1.82, 2.24) is 14.4 Å². The summed E-state index contributed by atoms with van der Waals surface area (Å²) in [7, 11) is 0. The number of benzene rings is 1. The number of hydrogen-bond acceptors (Lipinski definition) is 6. The zero-order valence-electron chi connectivity index (χ0n) is 13.2. The summed E-state index contributed by atoms with van der Waals surface area (Å²) in [5.41, 5.74) is 0.478. The van der Waals surface area contributed by atoms with Crippen molar-refractivity contribution in [2.45, 2.75) is 6.42 Å². The molecule has 4 aromatic rings. The van der Waals surface area contributed by atoms with Crippen LogP contribution in [0.15, 0.2) is 53.0 Å². The monoisotopic (exact) mass is 386 g/mol. The Labute approximate surface area is 154 Å². The van der Waals surface area contributed by atoms with Crippen LogP contribution in [-0.4, -0.2) is 20.3 Å². The Morgan fingerprint density at radius 3 is 2.81 bits per heavy atom. The molecule has 3 aromatic heterocycles. The van der Waals surface area contributed by atoms with E-state index in [0.717, 1.165) is 10.4 Å². The highest BCUT2D eigenvalue weighted by molar-refractivity contribution is 7.15. The van der Waals surface area contributed by atoms with Gasteiger partial charge in [0.2, 0.25) is 0 Å². The van der Waals surface area contributed by atoms with Gasteiger partial charge in [-0.3, -0.25) is 19.3 Å². The lowest BCUT2D eigenvalue weighted by Crippen LogP contribution is -2.25. The molecule has 26 heavy (non-hydrogen) atoms. The van der Waals surface area contributed by atoms with Crippen LogP contribution >= 0.6 is 22.7 Å². The number of amides is 1. The number of thiazole rings is 2. The third-order valence-corrected chi connectivity index (χ3v) is 5.34. The van der Waals surface area contributed by atoms with E-state index in [4.69, 9.17) is 0 Å². The molecule has 6 nitrogen and oxygen atoms in total. The van der Waals surface area contributed by atoms with E-state index in [9.17, 15) is 14.0 Å². The van der Waals surface area contributed by atoms with E-state index in [1.54, 1.807) is 29.9 Å². The lowest BCUT2D eigenvalue weighted by atomic mass is 10.1. The normalized spacial score (nSPS) is 11.0. The summed E-state index contributed by atoms with van der Waals surface area (Å²) in [6.07, 6.45) is 5.09. The Morgan fingerprint density at radius 2 is 2.00 bits per heavy atom. The van der Waals surface area contributed by atoms with Crippen LogP contribution in [0.2, 0.25) is 0 Å². The predicted octanol–water partition coefficient (Wildman–Crippen LogP) is 3.19.